The molecule has 0 unspecified atom stereocenters. The second-order valence-corrected chi connectivity index (χ2v) is 6.67. The van der Waals surface area contributed by atoms with E-state index in [9.17, 15) is 5.11 Å². The van der Waals surface area contributed by atoms with E-state index in [-0.39, 0.29) is 0 Å². The molecule has 3 heteroatoms. The van der Waals surface area contributed by atoms with Crippen molar-refractivity contribution in [1.82, 2.24) is 9.78 Å². The standard InChI is InChI=1S/C21H18N2O/c24-20-8-3-14(4-9-20)15-1-2-16(11-15)17-5-10-21-18(12-17)13-22-23(21)19-6-7-19/h1,3-5,8-13,19,24H,2,6-7H2. The maximum absolute atomic E-state index is 9.43. The van der Waals surface area contributed by atoms with Gasteiger partial charge in [-0.25, -0.2) is 0 Å². The number of phenolic OH excluding ortho intramolecular Hbond substituents is 1. The highest BCUT2D eigenvalue weighted by atomic mass is 16.3. The number of hydrogen-bond acceptors (Lipinski definition) is 2. The number of rotatable bonds is 3. The van der Waals surface area contributed by atoms with Crippen LogP contribution in [0.5, 0.6) is 5.75 Å². The smallest absolute Gasteiger partial charge is 0.115 e. The molecule has 2 aliphatic carbocycles. The number of aromatic hydroxyl groups is 1. The van der Waals surface area contributed by atoms with E-state index in [0.29, 0.717) is 11.8 Å². The van der Waals surface area contributed by atoms with Gasteiger partial charge in [0.1, 0.15) is 5.75 Å². The van der Waals surface area contributed by atoms with Gasteiger partial charge in [-0.3, -0.25) is 4.68 Å². The normalized spacial score (nSPS) is 17.2. The van der Waals surface area contributed by atoms with Crippen molar-refractivity contribution in [3.8, 4) is 5.75 Å². The molecule has 2 aliphatic rings. The molecule has 0 saturated heterocycles. The lowest BCUT2D eigenvalue weighted by molar-refractivity contribution is 0.475. The third-order valence-corrected chi connectivity index (χ3v) is 4.93. The molecule has 0 amide bonds. The summed E-state index contributed by atoms with van der Waals surface area (Å²) in [4.78, 5) is 0. The lowest BCUT2D eigenvalue weighted by Gasteiger charge is -2.04. The molecule has 0 radical (unpaired) electrons. The first-order valence-electron chi connectivity index (χ1n) is 8.46. The second kappa shape index (κ2) is 5.10. The van der Waals surface area contributed by atoms with Crippen LogP contribution in [0.4, 0.5) is 0 Å². The number of benzene rings is 2. The molecule has 1 saturated carbocycles. The van der Waals surface area contributed by atoms with Gasteiger partial charge in [0.15, 0.2) is 0 Å². The fraction of sp³-hybridized carbons (Fsp3) is 0.190. The molecule has 3 nitrogen and oxygen atoms in total. The SMILES string of the molecule is Oc1ccc(C2=CCC(c3ccc4c(cnn4C4CC4)c3)=C2)cc1. The molecule has 5 rings (SSSR count). The van der Waals surface area contributed by atoms with Crippen LogP contribution in [-0.2, 0) is 0 Å². The highest BCUT2D eigenvalue weighted by Crippen LogP contribution is 2.38. The van der Waals surface area contributed by atoms with Crippen molar-refractivity contribution >= 4 is 22.0 Å². The molecule has 0 bridgehead atoms. The Bertz CT molecular complexity index is 988. The van der Waals surface area contributed by atoms with Crippen LogP contribution in [-0.4, -0.2) is 14.9 Å². The minimum atomic E-state index is 0.305. The molecule has 0 aliphatic heterocycles. The fourth-order valence-electron chi connectivity index (χ4n) is 3.44. The van der Waals surface area contributed by atoms with E-state index < -0.39 is 0 Å². The van der Waals surface area contributed by atoms with E-state index in [4.69, 9.17) is 0 Å². The lowest BCUT2D eigenvalue weighted by Crippen LogP contribution is -1.94. The third-order valence-electron chi connectivity index (χ3n) is 4.93. The van der Waals surface area contributed by atoms with E-state index in [1.807, 2.05) is 18.3 Å². The molecule has 24 heavy (non-hydrogen) atoms. The minimum absolute atomic E-state index is 0.305. The van der Waals surface area contributed by atoms with Crippen molar-refractivity contribution < 1.29 is 5.11 Å². The number of aromatic nitrogens is 2. The van der Waals surface area contributed by atoms with Crippen LogP contribution in [0.2, 0.25) is 0 Å². The summed E-state index contributed by atoms with van der Waals surface area (Å²) in [6, 6.07) is 14.7. The van der Waals surface area contributed by atoms with Gasteiger partial charge in [0.05, 0.1) is 17.8 Å². The van der Waals surface area contributed by atoms with Crippen LogP contribution < -0.4 is 0 Å². The zero-order valence-corrected chi connectivity index (χ0v) is 13.3. The monoisotopic (exact) mass is 314 g/mol. The highest BCUT2D eigenvalue weighted by molar-refractivity contribution is 5.92. The molecule has 0 atom stereocenters. The predicted molar refractivity (Wildman–Crippen MR) is 96.7 cm³/mol. The summed E-state index contributed by atoms with van der Waals surface area (Å²) in [5, 5.41) is 15.2. The Labute approximate surface area is 140 Å². The Balaban J connectivity index is 1.47. The summed E-state index contributed by atoms with van der Waals surface area (Å²) in [6.07, 6.45) is 9.94. The van der Waals surface area contributed by atoms with Crippen molar-refractivity contribution in [2.24, 2.45) is 0 Å². The van der Waals surface area contributed by atoms with Gasteiger partial charge in [-0.05, 0) is 65.8 Å². The first kappa shape index (κ1) is 13.6. The summed E-state index contributed by atoms with van der Waals surface area (Å²) < 4.78 is 2.17. The summed E-state index contributed by atoms with van der Waals surface area (Å²) in [6.45, 7) is 0. The summed E-state index contributed by atoms with van der Waals surface area (Å²) in [5.74, 6) is 0.305. The van der Waals surface area contributed by atoms with Crippen LogP contribution in [0.3, 0.4) is 0 Å². The number of nitrogens with zero attached hydrogens (tertiary/aromatic N) is 2. The van der Waals surface area contributed by atoms with Gasteiger partial charge in [0, 0.05) is 5.39 Å². The number of phenols is 1. The maximum atomic E-state index is 9.43. The molecular weight excluding hydrogens is 296 g/mol. The molecule has 1 fully saturated rings. The summed E-state index contributed by atoms with van der Waals surface area (Å²) in [5.41, 5.74) is 6.21. The molecular formula is C21H18N2O. The van der Waals surface area contributed by atoms with Gasteiger partial charge in [0.2, 0.25) is 0 Å². The Hall–Kier alpha value is -2.81. The van der Waals surface area contributed by atoms with Gasteiger partial charge < -0.3 is 5.11 Å². The summed E-state index contributed by atoms with van der Waals surface area (Å²) >= 11 is 0. The Kier molecular flexibility index (Phi) is 2.89. The van der Waals surface area contributed by atoms with Crippen molar-refractivity contribution in [3.63, 3.8) is 0 Å². The second-order valence-electron chi connectivity index (χ2n) is 6.67. The van der Waals surface area contributed by atoms with E-state index >= 15 is 0 Å². The predicted octanol–water partition coefficient (Wildman–Crippen LogP) is 4.95. The zero-order chi connectivity index (χ0) is 16.1. The van der Waals surface area contributed by atoms with Crippen molar-refractivity contribution in [3.05, 3.63) is 71.9 Å². The van der Waals surface area contributed by atoms with Gasteiger partial charge in [-0.15, -0.1) is 0 Å². The molecule has 1 heterocycles. The first-order valence-corrected chi connectivity index (χ1v) is 8.46. The molecule has 2 aromatic carbocycles. The minimum Gasteiger partial charge on any atom is -0.508 e. The Morgan fingerprint density at radius 3 is 2.58 bits per heavy atom. The molecule has 1 N–H and O–H groups in total. The van der Waals surface area contributed by atoms with Gasteiger partial charge in [0.25, 0.3) is 0 Å². The maximum Gasteiger partial charge on any atom is 0.115 e. The average Bonchev–Trinajstić information content (AvgIpc) is 3.18. The first-order chi connectivity index (χ1) is 11.8. The van der Waals surface area contributed by atoms with Crippen LogP contribution in [0.15, 0.2) is 60.8 Å². The fourth-order valence-corrected chi connectivity index (χ4v) is 3.44. The van der Waals surface area contributed by atoms with E-state index in [1.165, 1.54) is 40.5 Å². The van der Waals surface area contributed by atoms with Gasteiger partial charge >= 0.3 is 0 Å². The Morgan fingerprint density at radius 1 is 1.00 bits per heavy atom. The number of fused-ring (bicyclic) bond motifs is 1. The van der Waals surface area contributed by atoms with E-state index in [2.05, 4.69) is 40.1 Å². The third kappa shape index (κ3) is 2.24. The van der Waals surface area contributed by atoms with Crippen molar-refractivity contribution in [2.45, 2.75) is 25.3 Å². The largest absolute Gasteiger partial charge is 0.508 e. The van der Waals surface area contributed by atoms with Crippen LogP contribution in [0, 0.1) is 0 Å². The van der Waals surface area contributed by atoms with Crippen LogP contribution in [0.1, 0.15) is 36.4 Å². The highest BCUT2D eigenvalue weighted by Gasteiger charge is 2.25. The van der Waals surface area contributed by atoms with Crippen LogP contribution >= 0.6 is 0 Å². The van der Waals surface area contributed by atoms with Crippen molar-refractivity contribution in [2.75, 3.05) is 0 Å². The zero-order valence-electron chi connectivity index (χ0n) is 13.3. The van der Waals surface area contributed by atoms with Gasteiger partial charge in [-0.2, -0.15) is 5.10 Å². The Morgan fingerprint density at radius 2 is 1.79 bits per heavy atom. The van der Waals surface area contributed by atoms with E-state index in [1.54, 1.807) is 12.1 Å². The molecule has 3 aromatic rings. The molecule has 1 aromatic heterocycles. The summed E-state index contributed by atoms with van der Waals surface area (Å²) in [7, 11) is 0. The van der Waals surface area contributed by atoms with Crippen LogP contribution in [0.25, 0.3) is 22.0 Å². The molecule has 118 valence electrons. The number of hydrogen-bond donors (Lipinski definition) is 1. The topological polar surface area (TPSA) is 38.1 Å². The van der Waals surface area contributed by atoms with Gasteiger partial charge in [-0.1, -0.05) is 30.4 Å². The lowest BCUT2D eigenvalue weighted by atomic mass is 10.0. The van der Waals surface area contributed by atoms with E-state index in [0.717, 1.165) is 12.0 Å². The molecule has 0 spiro atoms. The van der Waals surface area contributed by atoms with Crippen molar-refractivity contribution in [1.29, 1.82) is 0 Å². The average molecular weight is 314 g/mol. The quantitative estimate of drug-likeness (QED) is 0.743. The number of allylic oxidation sites excluding steroid dienone is 4.